The summed E-state index contributed by atoms with van der Waals surface area (Å²) in [5, 5.41) is 10.8. The number of aromatic nitrogens is 3. The van der Waals surface area contributed by atoms with Crippen LogP contribution in [0.15, 0.2) is 40.7 Å². The third-order valence-electron chi connectivity index (χ3n) is 4.21. The summed E-state index contributed by atoms with van der Waals surface area (Å²) in [7, 11) is 0. The first-order valence-corrected chi connectivity index (χ1v) is 9.92. The molecule has 1 saturated heterocycles. The van der Waals surface area contributed by atoms with Crippen LogP contribution in [-0.4, -0.2) is 39.0 Å². The molecule has 0 atom stereocenters. The van der Waals surface area contributed by atoms with Crippen LogP contribution in [-0.2, 0) is 6.54 Å². The lowest BCUT2D eigenvalue weighted by molar-refractivity contribution is 0.211. The number of nitrogens with one attached hydrogen (secondary N) is 1. The zero-order chi connectivity index (χ0) is 16.2. The number of hydrogen-bond acceptors (Lipinski definition) is 7. The summed E-state index contributed by atoms with van der Waals surface area (Å²) in [4.78, 5) is 15.7. The van der Waals surface area contributed by atoms with Crippen LogP contribution in [0.4, 0.5) is 5.82 Å². The molecule has 3 aromatic heterocycles. The van der Waals surface area contributed by atoms with Gasteiger partial charge in [0, 0.05) is 43.4 Å². The Labute approximate surface area is 149 Å². The Morgan fingerprint density at radius 3 is 2.79 bits per heavy atom. The number of thiazole rings is 1. The predicted molar refractivity (Wildman–Crippen MR) is 99.4 cm³/mol. The summed E-state index contributed by atoms with van der Waals surface area (Å²) >= 11 is 3.34. The van der Waals surface area contributed by atoms with Crippen LogP contribution >= 0.6 is 22.7 Å². The normalized spacial score (nSPS) is 16.3. The van der Waals surface area contributed by atoms with Gasteiger partial charge in [-0.3, -0.25) is 4.90 Å². The number of piperidine rings is 1. The lowest BCUT2D eigenvalue weighted by Gasteiger charge is -2.32. The average Bonchev–Trinajstić information content (AvgIpc) is 3.30. The molecule has 4 heterocycles. The fraction of sp³-hybridized carbons (Fsp3) is 0.353. The van der Waals surface area contributed by atoms with E-state index in [9.17, 15) is 0 Å². The monoisotopic (exact) mass is 357 g/mol. The average molecular weight is 358 g/mol. The first kappa shape index (κ1) is 15.7. The molecule has 0 unspecified atom stereocenters. The van der Waals surface area contributed by atoms with Crippen molar-refractivity contribution >= 4 is 28.5 Å². The maximum Gasteiger partial charge on any atom is 0.190 e. The second-order valence-electron chi connectivity index (χ2n) is 5.93. The summed E-state index contributed by atoms with van der Waals surface area (Å²) in [6.45, 7) is 3.31. The van der Waals surface area contributed by atoms with E-state index in [4.69, 9.17) is 0 Å². The molecule has 0 spiro atoms. The highest BCUT2D eigenvalue weighted by Gasteiger charge is 2.19. The minimum atomic E-state index is 0.475. The fourth-order valence-corrected chi connectivity index (χ4v) is 4.20. The van der Waals surface area contributed by atoms with Crippen molar-refractivity contribution in [2.75, 3.05) is 18.4 Å². The second-order valence-corrected chi connectivity index (χ2v) is 7.60. The van der Waals surface area contributed by atoms with Crippen LogP contribution in [0.3, 0.4) is 0 Å². The van der Waals surface area contributed by atoms with Gasteiger partial charge in [-0.15, -0.1) is 11.3 Å². The molecule has 1 fully saturated rings. The van der Waals surface area contributed by atoms with E-state index in [1.54, 1.807) is 35.1 Å². The number of nitrogens with zero attached hydrogens (tertiary/aromatic N) is 4. The zero-order valence-electron chi connectivity index (χ0n) is 13.3. The molecule has 0 aliphatic carbocycles. The lowest BCUT2D eigenvalue weighted by atomic mass is 10.0. The molecule has 0 radical (unpaired) electrons. The van der Waals surface area contributed by atoms with E-state index in [1.165, 1.54) is 5.56 Å². The van der Waals surface area contributed by atoms with Gasteiger partial charge in [0.1, 0.15) is 5.82 Å². The van der Waals surface area contributed by atoms with E-state index < -0.39 is 0 Å². The van der Waals surface area contributed by atoms with Gasteiger partial charge in [0.25, 0.3) is 0 Å². The van der Waals surface area contributed by atoms with Crippen molar-refractivity contribution < 1.29 is 0 Å². The maximum absolute atomic E-state index is 4.60. The summed E-state index contributed by atoms with van der Waals surface area (Å²) < 4.78 is 0. The highest BCUT2D eigenvalue weighted by Crippen LogP contribution is 2.21. The van der Waals surface area contributed by atoms with Crippen LogP contribution in [0.2, 0.25) is 0 Å². The summed E-state index contributed by atoms with van der Waals surface area (Å²) in [6.07, 6.45) is 5.87. The van der Waals surface area contributed by atoms with E-state index in [1.807, 2.05) is 11.4 Å². The Balaban J connectivity index is 1.33. The van der Waals surface area contributed by atoms with E-state index in [0.29, 0.717) is 11.9 Å². The molecule has 1 N–H and O–H groups in total. The third kappa shape index (κ3) is 3.80. The van der Waals surface area contributed by atoms with Crippen molar-refractivity contribution in [3.05, 3.63) is 46.2 Å². The highest BCUT2D eigenvalue weighted by atomic mass is 32.1. The number of thiophene rings is 1. The van der Waals surface area contributed by atoms with Gasteiger partial charge in [-0.25, -0.2) is 15.0 Å². The molecular weight excluding hydrogens is 338 g/mol. The van der Waals surface area contributed by atoms with Gasteiger partial charge in [0.15, 0.2) is 10.8 Å². The number of likely N-dealkylation sites (tertiary alicyclic amines) is 1. The van der Waals surface area contributed by atoms with E-state index >= 15 is 0 Å². The van der Waals surface area contributed by atoms with Crippen molar-refractivity contribution in [1.82, 2.24) is 19.9 Å². The minimum absolute atomic E-state index is 0.475. The predicted octanol–water partition coefficient (Wildman–Crippen LogP) is 3.74. The first-order valence-electron chi connectivity index (χ1n) is 8.10. The van der Waals surface area contributed by atoms with E-state index in [0.717, 1.165) is 43.3 Å². The maximum atomic E-state index is 4.60. The molecular formula is C17H19N5S2. The number of hydrogen-bond donors (Lipinski definition) is 1. The second kappa shape index (κ2) is 7.38. The summed E-state index contributed by atoms with van der Waals surface area (Å²) in [6, 6.07) is 4.63. The highest BCUT2D eigenvalue weighted by molar-refractivity contribution is 7.13. The van der Waals surface area contributed by atoms with Crippen LogP contribution in [0, 0.1) is 0 Å². The van der Waals surface area contributed by atoms with Crippen LogP contribution < -0.4 is 5.32 Å². The van der Waals surface area contributed by atoms with Crippen molar-refractivity contribution in [3.8, 4) is 10.8 Å². The van der Waals surface area contributed by atoms with Crippen molar-refractivity contribution in [2.24, 2.45) is 0 Å². The van der Waals surface area contributed by atoms with Gasteiger partial charge in [0.05, 0.1) is 0 Å². The van der Waals surface area contributed by atoms with Gasteiger partial charge >= 0.3 is 0 Å². The zero-order valence-corrected chi connectivity index (χ0v) is 14.9. The van der Waals surface area contributed by atoms with Crippen molar-refractivity contribution in [1.29, 1.82) is 0 Å². The molecule has 0 saturated carbocycles. The summed E-state index contributed by atoms with van der Waals surface area (Å²) in [5.41, 5.74) is 1.43. The summed E-state index contributed by atoms with van der Waals surface area (Å²) in [5.74, 6) is 1.59. The molecule has 3 aromatic rings. The molecule has 24 heavy (non-hydrogen) atoms. The molecule has 1 aliphatic rings. The van der Waals surface area contributed by atoms with E-state index in [-0.39, 0.29) is 0 Å². The molecule has 1 aliphatic heterocycles. The van der Waals surface area contributed by atoms with Gasteiger partial charge in [-0.1, -0.05) is 0 Å². The quantitative estimate of drug-likeness (QED) is 0.754. The largest absolute Gasteiger partial charge is 0.367 e. The van der Waals surface area contributed by atoms with Gasteiger partial charge < -0.3 is 5.32 Å². The first-order chi connectivity index (χ1) is 11.9. The SMILES string of the molecule is c1cc(NC2CCN(Cc3ccsc3)CC2)nc(-c2nccs2)n1. The molecule has 0 bridgehead atoms. The topological polar surface area (TPSA) is 53.9 Å². The lowest BCUT2D eigenvalue weighted by Crippen LogP contribution is -2.38. The Morgan fingerprint density at radius 1 is 1.12 bits per heavy atom. The molecule has 5 nitrogen and oxygen atoms in total. The Bertz CT molecular complexity index is 749. The van der Waals surface area contributed by atoms with Gasteiger partial charge in [-0.2, -0.15) is 11.3 Å². The number of rotatable bonds is 5. The smallest absolute Gasteiger partial charge is 0.190 e. The molecule has 0 aromatic carbocycles. The van der Waals surface area contributed by atoms with Crippen molar-refractivity contribution in [2.45, 2.75) is 25.4 Å². The minimum Gasteiger partial charge on any atom is -0.367 e. The molecule has 0 amide bonds. The Kier molecular flexibility index (Phi) is 4.82. The van der Waals surface area contributed by atoms with Crippen molar-refractivity contribution in [3.63, 3.8) is 0 Å². The fourth-order valence-electron chi connectivity index (χ4n) is 2.96. The Hall–Kier alpha value is -1.83. The third-order valence-corrected chi connectivity index (χ3v) is 5.71. The number of anilines is 1. The van der Waals surface area contributed by atoms with Crippen LogP contribution in [0.1, 0.15) is 18.4 Å². The molecule has 7 heteroatoms. The van der Waals surface area contributed by atoms with Crippen LogP contribution in [0.25, 0.3) is 10.8 Å². The molecule has 124 valence electrons. The van der Waals surface area contributed by atoms with E-state index in [2.05, 4.69) is 42.0 Å². The Morgan fingerprint density at radius 2 is 2.04 bits per heavy atom. The van der Waals surface area contributed by atoms with Crippen LogP contribution in [0.5, 0.6) is 0 Å². The van der Waals surface area contributed by atoms with Gasteiger partial charge in [-0.05, 0) is 41.3 Å². The molecule has 4 rings (SSSR count). The standard InChI is InChI=1S/C17H19N5S2/c1-5-18-16(17-19-6-10-24-17)21-15(1)20-14-2-7-22(8-3-14)11-13-4-9-23-12-13/h1,4-6,9-10,12,14H,2-3,7-8,11H2,(H,18,20,21). The van der Waals surface area contributed by atoms with Gasteiger partial charge in [0.2, 0.25) is 0 Å².